The third-order valence-corrected chi connectivity index (χ3v) is 4.93. The van der Waals surface area contributed by atoms with Crippen LogP contribution in [-0.4, -0.2) is 8.42 Å². The van der Waals surface area contributed by atoms with Crippen LogP contribution in [0.3, 0.4) is 0 Å². The molecule has 22 heavy (non-hydrogen) atoms. The monoisotopic (exact) mass is 345 g/mol. The van der Waals surface area contributed by atoms with Gasteiger partial charge in [0.15, 0.2) is 0 Å². The fourth-order valence-electron chi connectivity index (χ4n) is 1.89. The third kappa shape index (κ3) is 3.63. The molecule has 2 aromatic rings. The van der Waals surface area contributed by atoms with Crippen LogP contribution in [-0.2, 0) is 23.0 Å². The highest BCUT2D eigenvalue weighted by Crippen LogP contribution is 2.21. The quantitative estimate of drug-likeness (QED) is 0.841. The number of hydrogen-bond acceptors (Lipinski definition) is 2. The largest absolute Gasteiger partial charge is 0.240 e. The maximum Gasteiger partial charge on any atom is 0.240 e. The van der Waals surface area contributed by atoms with E-state index in [4.69, 9.17) is 11.6 Å². The molecule has 0 amide bonds. The molecule has 2 aromatic carbocycles. The van der Waals surface area contributed by atoms with Crippen molar-refractivity contribution in [2.45, 2.75) is 24.8 Å². The minimum absolute atomic E-state index is 0.0348. The van der Waals surface area contributed by atoms with Crippen LogP contribution >= 0.6 is 11.6 Å². The molecule has 3 nitrogen and oxygen atoms in total. The molecule has 0 saturated carbocycles. The molecule has 118 valence electrons. The molecular weight excluding hydrogens is 332 g/mol. The highest BCUT2D eigenvalue weighted by Gasteiger charge is 2.18. The number of sulfonamides is 1. The van der Waals surface area contributed by atoms with Crippen LogP contribution in [0.25, 0.3) is 0 Å². The summed E-state index contributed by atoms with van der Waals surface area (Å²) in [7, 11) is -3.86. The standard InChI is InChI=1S/C15H14ClF2NO2S/c1-2-10-3-5-11(6-4-10)22(20,21)19-9-12-14(17)8-7-13(16)15(12)18/h3-8,19H,2,9H2,1H3. The molecule has 0 atom stereocenters. The van der Waals surface area contributed by atoms with Crippen LogP contribution in [0.5, 0.6) is 0 Å². The average Bonchev–Trinajstić information content (AvgIpc) is 2.51. The number of aryl methyl sites for hydroxylation is 1. The Kier molecular flexibility index (Phi) is 5.16. The molecule has 0 heterocycles. The van der Waals surface area contributed by atoms with Crippen molar-refractivity contribution in [3.8, 4) is 0 Å². The second-order valence-corrected chi connectivity index (χ2v) is 6.82. The van der Waals surface area contributed by atoms with Crippen molar-refractivity contribution in [3.63, 3.8) is 0 Å². The first-order valence-electron chi connectivity index (χ1n) is 6.56. The minimum atomic E-state index is -3.86. The summed E-state index contributed by atoms with van der Waals surface area (Å²) < 4.78 is 53.7. The summed E-state index contributed by atoms with van der Waals surface area (Å²) in [4.78, 5) is 0.0348. The molecule has 0 aliphatic rings. The normalized spacial score (nSPS) is 11.6. The van der Waals surface area contributed by atoms with E-state index in [2.05, 4.69) is 4.72 Å². The van der Waals surface area contributed by atoms with E-state index >= 15 is 0 Å². The summed E-state index contributed by atoms with van der Waals surface area (Å²) in [6.45, 7) is 1.43. The van der Waals surface area contributed by atoms with Crippen LogP contribution in [0.4, 0.5) is 8.78 Å². The Hall–Kier alpha value is -1.50. The van der Waals surface area contributed by atoms with Gasteiger partial charge in [-0.2, -0.15) is 0 Å². The number of hydrogen-bond donors (Lipinski definition) is 1. The van der Waals surface area contributed by atoms with Gasteiger partial charge in [0.05, 0.1) is 9.92 Å². The van der Waals surface area contributed by atoms with Crippen molar-refractivity contribution < 1.29 is 17.2 Å². The van der Waals surface area contributed by atoms with E-state index in [1.165, 1.54) is 12.1 Å². The van der Waals surface area contributed by atoms with Gasteiger partial charge in [0.2, 0.25) is 10.0 Å². The maximum absolute atomic E-state index is 13.7. The molecule has 0 spiro atoms. The lowest BCUT2D eigenvalue weighted by molar-refractivity contribution is 0.544. The zero-order valence-electron chi connectivity index (χ0n) is 11.7. The van der Waals surface area contributed by atoms with Gasteiger partial charge in [-0.05, 0) is 36.2 Å². The first-order chi connectivity index (χ1) is 10.3. The van der Waals surface area contributed by atoms with Gasteiger partial charge >= 0.3 is 0 Å². The Balaban J connectivity index is 2.21. The Morgan fingerprint density at radius 2 is 1.73 bits per heavy atom. The van der Waals surface area contributed by atoms with Gasteiger partial charge in [0, 0.05) is 12.1 Å². The molecular formula is C15H14ClF2NO2S. The van der Waals surface area contributed by atoms with E-state index in [9.17, 15) is 17.2 Å². The van der Waals surface area contributed by atoms with Crippen molar-refractivity contribution in [1.29, 1.82) is 0 Å². The lowest BCUT2D eigenvalue weighted by Gasteiger charge is -2.09. The molecule has 0 aliphatic heterocycles. The van der Waals surface area contributed by atoms with Gasteiger partial charge in [0.1, 0.15) is 11.6 Å². The van der Waals surface area contributed by atoms with E-state index in [1.54, 1.807) is 12.1 Å². The first kappa shape index (κ1) is 16.9. The average molecular weight is 346 g/mol. The topological polar surface area (TPSA) is 46.2 Å². The first-order valence-corrected chi connectivity index (χ1v) is 8.42. The van der Waals surface area contributed by atoms with Gasteiger partial charge in [-0.1, -0.05) is 30.7 Å². The number of nitrogens with one attached hydrogen (secondary N) is 1. The number of benzene rings is 2. The van der Waals surface area contributed by atoms with E-state index in [0.29, 0.717) is 0 Å². The van der Waals surface area contributed by atoms with Crippen molar-refractivity contribution in [2.75, 3.05) is 0 Å². The smallest absolute Gasteiger partial charge is 0.207 e. The fourth-order valence-corrected chi connectivity index (χ4v) is 3.06. The number of rotatable bonds is 5. The lowest BCUT2D eigenvalue weighted by Crippen LogP contribution is -2.24. The molecule has 0 fully saturated rings. The summed E-state index contributed by atoms with van der Waals surface area (Å²) in [6.07, 6.45) is 0.784. The Bertz CT molecular complexity index is 777. The van der Waals surface area contributed by atoms with Crippen molar-refractivity contribution in [1.82, 2.24) is 4.72 Å². The molecule has 2 rings (SSSR count). The van der Waals surface area contributed by atoms with Gasteiger partial charge < -0.3 is 0 Å². The summed E-state index contributed by atoms with van der Waals surface area (Å²) in [5.41, 5.74) is 0.576. The van der Waals surface area contributed by atoms with E-state index in [0.717, 1.165) is 24.1 Å². The van der Waals surface area contributed by atoms with Crippen LogP contribution < -0.4 is 4.72 Å². The Morgan fingerprint density at radius 3 is 2.32 bits per heavy atom. The van der Waals surface area contributed by atoms with Crippen molar-refractivity contribution >= 4 is 21.6 Å². The van der Waals surface area contributed by atoms with E-state index in [1.807, 2.05) is 6.92 Å². The summed E-state index contributed by atoms with van der Waals surface area (Å²) >= 11 is 5.57. The lowest BCUT2D eigenvalue weighted by atomic mass is 10.2. The highest BCUT2D eigenvalue weighted by molar-refractivity contribution is 7.89. The van der Waals surface area contributed by atoms with Crippen LogP contribution in [0.15, 0.2) is 41.3 Å². The van der Waals surface area contributed by atoms with Crippen molar-refractivity contribution in [3.05, 3.63) is 64.2 Å². The van der Waals surface area contributed by atoms with Crippen LogP contribution in [0, 0.1) is 11.6 Å². The Morgan fingerprint density at radius 1 is 1.09 bits per heavy atom. The molecule has 0 aliphatic carbocycles. The zero-order chi connectivity index (χ0) is 16.3. The SMILES string of the molecule is CCc1ccc(S(=O)(=O)NCc2c(F)ccc(Cl)c2F)cc1. The predicted octanol–water partition coefficient (Wildman–Crippen LogP) is 3.66. The summed E-state index contributed by atoms with van der Waals surface area (Å²) in [5.74, 6) is -1.82. The van der Waals surface area contributed by atoms with Crippen LogP contribution in [0.2, 0.25) is 5.02 Å². The van der Waals surface area contributed by atoms with E-state index in [-0.39, 0.29) is 9.92 Å². The molecule has 0 unspecified atom stereocenters. The maximum atomic E-state index is 13.7. The second-order valence-electron chi connectivity index (χ2n) is 4.64. The van der Waals surface area contributed by atoms with E-state index < -0.39 is 33.8 Å². The second kappa shape index (κ2) is 6.73. The molecule has 1 N–H and O–H groups in total. The van der Waals surface area contributed by atoms with Gasteiger partial charge in [0.25, 0.3) is 0 Å². The van der Waals surface area contributed by atoms with Crippen molar-refractivity contribution in [2.24, 2.45) is 0 Å². The molecule has 0 bridgehead atoms. The summed E-state index contributed by atoms with van der Waals surface area (Å²) in [6, 6.07) is 8.35. The highest BCUT2D eigenvalue weighted by atomic mass is 35.5. The zero-order valence-corrected chi connectivity index (χ0v) is 13.3. The molecule has 0 radical (unpaired) electrons. The fraction of sp³-hybridized carbons (Fsp3) is 0.200. The third-order valence-electron chi connectivity index (χ3n) is 3.22. The predicted molar refractivity (Wildman–Crippen MR) is 81.2 cm³/mol. The number of halogens is 3. The molecule has 7 heteroatoms. The van der Waals surface area contributed by atoms with Gasteiger partial charge in [-0.15, -0.1) is 0 Å². The molecule has 0 aromatic heterocycles. The Labute approximate surface area is 133 Å². The summed E-state index contributed by atoms with van der Waals surface area (Å²) in [5, 5.41) is -0.261. The van der Waals surface area contributed by atoms with Gasteiger partial charge in [-0.25, -0.2) is 21.9 Å². The van der Waals surface area contributed by atoms with Crippen LogP contribution in [0.1, 0.15) is 18.1 Å². The minimum Gasteiger partial charge on any atom is -0.207 e. The van der Waals surface area contributed by atoms with Gasteiger partial charge in [-0.3, -0.25) is 0 Å². The molecule has 0 saturated heterocycles.